The van der Waals surface area contributed by atoms with Crippen LogP contribution in [0.3, 0.4) is 0 Å². The van der Waals surface area contributed by atoms with Gasteiger partial charge < -0.3 is 10.6 Å². The summed E-state index contributed by atoms with van der Waals surface area (Å²) in [5.74, 6) is 1.62. The lowest BCUT2D eigenvalue weighted by Gasteiger charge is -2.17. The molecule has 20 heavy (non-hydrogen) atoms. The fourth-order valence-corrected chi connectivity index (χ4v) is 2.06. The lowest BCUT2D eigenvalue weighted by atomic mass is 9.96. The first-order valence-electron chi connectivity index (χ1n) is 6.93. The van der Waals surface area contributed by atoms with Crippen molar-refractivity contribution in [3.63, 3.8) is 0 Å². The van der Waals surface area contributed by atoms with Crippen molar-refractivity contribution in [3.8, 4) is 0 Å². The van der Waals surface area contributed by atoms with Gasteiger partial charge in [-0.1, -0.05) is 20.8 Å². The number of anilines is 1. The van der Waals surface area contributed by atoms with E-state index in [1.807, 2.05) is 6.07 Å². The van der Waals surface area contributed by atoms with Gasteiger partial charge >= 0.3 is 0 Å². The number of nitrogens with zero attached hydrogens (tertiary/aromatic N) is 2. The molecule has 6 heteroatoms. The van der Waals surface area contributed by atoms with Gasteiger partial charge in [0.05, 0.1) is 0 Å². The van der Waals surface area contributed by atoms with Crippen molar-refractivity contribution in [1.82, 2.24) is 15.3 Å². The number of carbonyl (C=O) groups is 1. The summed E-state index contributed by atoms with van der Waals surface area (Å²) in [6.45, 7) is 6.79. The van der Waals surface area contributed by atoms with Crippen LogP contribution in [0.4, 0.5) is 5.82 Å². The van der Waals surface area contributed by atoms with Crippen molar-refractivity contribution in [2.45, 2.75) is 51.5 Å². The van der Waals surface area contributed by atoms with Crippen LogP contribution in [0.25, 0.3) is 0 Å². The normalized spacial score (nSPS) is 15.0. The summed E-state index contributed by atoms with van der Waals surface area (Å²) in [4.78, 5) is 20.5. The van der Waals surface area contributed by atoms with Gasteiger partial charge in [-0.25, -0.2) is 9.97 Å². The van der Waals surface area contributed by atoms with Gasteiger partial charge in [0.25, 0.3) is 0 Å². The maximum atomic E-state index is 11.6. The molecule has 1 aromatic rings. The van der Waals surface area contributed by atoms with E-state index in [2.05, 4.69) is 57.3 Å². The van der Waals surface area contributed by atoms with Gasteiger partial charge in [0, 0.05) is 30.5 Å². The molecule has 1 aliphatic rings. The molecule has 1 heterocycles. The Balaban J connectivity index is 1.88. The quantitative estimate of drug-likeness (QED) is 0.808. The van der Waals surface area contributed by atoms with E-state index < -0.39 is 0 Å². The highest BCUT2D eigenvalue weighted by Crippen LogP contribution is 2.22. The molecule has 1 saturated carbocycles. The summed E-state index contributed by atoms with van der Waals surface area (Å²) >= 11 is 3.40. The van der Waals surface area contributed by atoms with E-state index in [9.17, 15) is 4.79 Å². The summed E-state index contributed by atoms with van der Waals surface area (Å²) in [5.41, 5.74) is -0.108. The van der Waals surface area contributed by atoms with Crippen LogP contribution in [-0.4, -0.2) is 28.5 Å². The molecule has 5 nitrogen and oxygen atoms in total. The summed E-state index contributed by atoms with van der Waals surface area (Å²) in [7, 11) is 0. The molecule has 1 amide bonds. The number of carbonyl (C=O) groups excluding carboxylic acids is 1. The van der Waals surface area contributed by atoms with Gasteiger partial charge in [-0.3, -0.25) is 4.79 Å². The minimum atomic E-state index is -0.108. The number of hydrogen-bond donors (Lipinski definition) is 2. The second-order valence-electron chi connectivity index (χ2n) is 6.17. The van der Waals surface area contributed by atoms with Crippen LogP contribution in [0.15, 0.2) is 10.7 Å². The minimum absolute atomic E-state index is 0.101. The molecule has 0 saturated heterocycles. The third kappa shape index (κ3) is 4.74. The molecule has 0 spiro atoms. The third-order valence-corrected chi connectivity index (χ3v) is 3.37. The van der Waals surface area contributed by atoms with Crippen molar-refractivity contribution in [1.29, 1.82) is 0 Å². The van der Waals surface area contributed by atoms with Gasteiger partial charge in [-0.15, -0.1) is 0 Å². The van der Waals surface area contributed by atoms with Crippen LogP contribution in [0.1, 0.15) is 45.9 Å². The Morgan fingerprint density at radius 3 is 2.70 bits per heavy atom. The average molecular weight is 341 g/mol. The molecule has 0 aromatic carbocycles. The summed E-state index contributed by atoms with van der Waals surface area (Å²) < 4.78 is 0.752. The van der Waals surface area contributed by atoms with Crippen LogP contribution in [-0.2, 0) is 10.2 Å². The summed E-state index contributed by atoms with van der Waals surface area (Å²) in [6.07, 6.45) is 2.70. The number of hydrogen-bond acceptors (Lipinski definition) is 4. The standard InChI is InChI=1S/C14H21BrN4O/c1-14(2,3)13-18-10(15)8-11(19-13)16-7-6-12(20)17-9-4-5-9/h8-9H,4-7H2,1-3H3,(H,17,20)(H,16,18,19). The molecule has 2 rings (SSSR count). The Morgan fingerprint density at radius 1 is 1.40 bits per heavy atom. The molecule has 110 valence electrons. The van der Waals surface area contributed by atoms with E-state index in [0.717, 1.165) is 29.1 Å². The largest absolute Gasteiger partial charge is 0.369 e. The van der Waals surface area contributed by atoms with Crippen molar-refractivity contribution in [2.75, 3.05) is 11.9 Å². The van der Waals surface area contributed by atoms with Gasteiger partial charge in [0.15, 0.2) is 0 Å². The Labute approximate surface area is 128 Å². The van der Waals surface area contributed by atoms with Crippen molar-refractivity contribution >= 4 is 27.7 Å². The van der Waals surface area contributed by atoms with E-state index in [-0.39, 0.29) is 11.3 Å². The molecule has 1 fully saturated rings. The topological polar surface area (TPSA) is 66.9 Å². The lowest BCUT2D eigenvalue weighted by Crippen LogP contribution is -2.27. The van der Waals surface area contributed by atoms with Gasteiger partial charge in [0.2, 0.25) is 5.91 Å². The van der Waals surface area contributed by atoms with Crippen molar-refractivity contribution in [2.24, 2.45) is 0 Å². The molecule has 2 N–H and O–H groups in total. The van der Waals surface area contributed by atoms with E-state index in [1.54, 1.807) is 0 Å². The first kappa shape index (κ1) is 15.2. The zero-order chi connectivity index (χ0) is 14.8. The second-order valence-corrected chi connectivity index (χ2v) is 6.98. The van der Waals surface area contributed by atoms with Gasteiger partial charge in [-0.2, -0.15) is 0 Å². The molecule has 0 radical (unpaired) electrons. The van der Waals surface area contributed by atoms with E-state index >= 15 is 0 Å². The smallest absolute Gasteiger partial charge is 0.221 e. The number of rotatable bonds is 5. The number of nitrogens with one attached hydrogen (secondary N) is 2. The van der Waals surface area contributed by atoms with E-state index in [4.69, 9.17) is 0 Å². The Hall–Kier alpha value is -1.17. The highest BCUT2D eigenvalue weighted by molar-refractivity contribution is 9.10. The molecule has 0 bridgehead atoms. The Kier molecular flexibility index (Phi) is 4.62. The maximum absolute atomic E-state index is 11.6. The van der Waals surface area contributed by atoms with Crippen molar-refractivity contribution < 1.29 is 4.79 Å². The minimum Gasteiger partial charge on any atom is -0.369 e. The molecular weight excluding hydrogens is 320 g/mol. The van der Waals surface area contributed by atoms with Crippen LogP contribution in [0.5, 0.6) is 0 Å². The third-order valence-electron chi connectivity index (χ3n) is 2.97. The van der Waals surface area contributed by atoms with Crippen LogP contribution in [0.2, 0.25) is 0 Å². The zero-order valence-electron chi connectivity index (χ0n) is 12.2. The fourth-order valence-electron chi connectivity index (χ4n) is 1.68. The van der Waals surface area contributed by atoms with E-state index in [1.165, 1.54) is 0 Å². The fraction of sp³-hybridized carbons (Fsp3) is 0.643. The molecule has 1 aromatic heterocycles. The van der Waals surface area contributed by atoms with Crippen LogP contribution < -0.4 is 10.6 Å². The predicted molar refractivity (Wildman–Crippen MR) is 82.7 cm³/mol. The number of aromatic nitrogens is 2. The molecular formula is C14H21BrN4O. The predicted octanol–water partition coefficient (Wildman–Crippen LogP) is 2.62. The SMILES string of the molecule is CC(C)(C)c1nc(Br)cc(NCCC(=O)NC2CC2)n1. The van der Waals surface area contributed by atoms with Crippen LogP contribution in [0, 0.1) is 0 Å². The van der Waals surface area contributed by atoms with E-state index in [0.29, 0.717) is 19.0 Å². The summed E-state index contributed by atoms with van der Waals surface area (Å²) in [6, 6.07) is 2.25. The Morgan fingerprint density at radius 2 is 2.10 bits per heavy atom. The average Bonchev–Trinajstić information content (AvgIpc) is 3.11. The number of amides is 1. The van der Waals surface area contributed by atoms with Crippen LogP contribution >= 0.6 is 15.9 Å². The Bertz CT molecular complexity index is 494. The maximum Gasteiger partial charge on any atom is 0.221 e. The lowest BCUT2D eigenvalue weighted by molar-refractivity contribution is -0.120. The molecule has 0 atom stereocenters. The highest BCUT2D eigenvalue weighted by atomic mass is 79.9. The first-order valence-corrected chi connectivity index (χ1v) is 7.72. The first-order chi connectivity index (χ1) is 9.34. The summed E-state index contributed by atoms with van der Waals surface area (Å²) in [5, 5.41) is 6.15. The molecule has 1 aliphatic carbocycles. The number of halogens is 1. The van der Waals surface area contributed by atoms with Gasteiger partial charge in [-0.05, 0) is 28.8 Å². The molecule has 0 aliphatic heterocycles. The second kappa shape index (κ2) is 6.08. The van der Waals surface area contributed by atoms with Crippen molar-refractivity contribution in [3.05, 3.63) is 16.5 Å². The van der Waals surface area contributed by atoms with Gasteiger partial charge in [0.1, 0.15) is 16.2 Å². The zero-order valence-corrected chi connectivity index (χ0v) is 13.7. The molecule has 0 unspecified atom stereocenters. The highest BCUT2D eigenvalue weighted by Gasteiger charge is 2.23. The monoisotopic (exact) mass is 340 g/mol.